The summed E-state index contributed by atoms with van der Waals surface area (Å²) in [5.41, 5.74) is 2.41. The first-order valence-corrected chi connectivity index (χ1v) is 10.4. The molecular formula is C21H32F3N5. The number of aliphatic imine (C=N–C) groups is 1. The normalized spacial score (nSPS) is 22.2. The maximum Gasteiger partial charge on any atom is 0.401 e. The summed E-state index contributed by atoms with van der Waals surface area (Å²) in [6.45, 7) is 5.14. The van der Waals surface area contributed by atoms with Gasteiger partial charge in [-0.15, -0.1) is 0 Å². The molecule has 2 saturated heterocycles. The van der Waals surface area contributed by atoms with E-state index in [9.17, 15) is 13.2 Å². The van der Waals surface area contributed by atoms with Gasteiger partial charge in [0.2, 0.25) is 0 Å². The summed E-state index contributed by atoms with van der Waals surface area (Å²) in [4.78, 5) is 8.08. The van der Waals surface area contributed by atoms with E-state index < -0.39 is 12.7 Å². The molecule has 3 rings (SSSR count). The van der Waals surface area contributed by atoms with E-state index in [1.165, 1.54) is 23.4 Å². The molecule has 0 aromatic heterocycles. The lowest BCUT2D eigenvalue weighted by atomic mass is 9.99. The fraction of sp³-hybridized carbons (Fsp3) is 0.667. The van der Waals surface area contributed by atoms with Gasteiger partial charge in [-0.1, -0.05) is 19.1 Å². The number of piperidine rings is 1. The van der Waals surface area contributed by atoms with Crippen LogP contribution in [-0.2, 0) is 6.54 Å². The van der Waals surface area contributed by atoms with Crippen LogP contribution < -0.4 is 15.5 Å². The summed E-state index contributed by atoms with van der Waals surface area (Å²) in [6.07, 6.45) is -0.979. The Morgan fingerprint density at radius 3 is 2.41 bits per heavy atom. The smallest absolute Gasteiger partial charge is 0.372 e. The van der Waals surface area contributed by atoms with Crippen molar-refractivity contribution in [3.8, 4) is 0 Å². The summed E-state index contributed by atoms with van der Waals surface area (Å²) in [5.74, 6) is 1.44. The third kappa shape index (κ3) is 6.80. The molecule has 162 valence electrons. The molecule has 0 spiro atoms. The van der Waals surface area contributed by atoms with Gasteiger partial charge < -0.3 is 15.5 Å². The molecule has 0 radical (unpaired) electrons. The minimum Gasteiger partial charge on any atom is -0.372 e. The predicted octanol–water partition coefficient (Wildman–Crippen LogP) is 3.22. The van der Waals surface area contributed by atoms with E-state index in [2.05, 4.69) is 51.7 Å². The Hall–Kier alpha value is -1.96. The fourth-order valence-corrected chi connectivity index (χ4v) is 4.01. The van der Waals surface area contributed by atoms with Crippen LogP contribution in [0.3, 0.4) is 0 Å². The summed E-state index contributed by atoms with van der Waals surface area (Å²) in [7, 11) is 1.68. The maximum atomic E-state index is 12.5. The summed E-state index contributed by atoms with van der Waals surface area (Å²) in [5, 5.41) is 6.51. The summed E-state index contributed by atoms with van der Waals surface area (Å²) < 4.78 is 37.6. The van der Waals surface area contributed by atoms with Gasteiger partial charge in [0.1, 0.15) is 0 Å². The Morgan fingerprint density at radius 1 is 1.10 bits per heavy atom. The van der Waals surface area contributed by atoms with Crippen LogP contribution in [0.15, 0.2) is 29.3 Å². The molecule has 2 heterocycles. The zero-order valence-electron chi connectivity index (χ0n) is 17.3. The topological polar surface area (TPSA) is 42.9 Å². The molecule has 2 N–H and O–H groups in total. The first-order chi connectivity index (χ1) is 13.8. The average molecular weight is 412 g/mol. The third-order valence-corrected chi connectivity index (χ3v) is 5.78. The molecule has 0 saturated carbocycles. The molecule has 5 nitrogen and oxygen atoms in total. The second-order valence-corrected chi connectivity index (χ2v) is 8.24. The molecule has 0 amide bonds. The number of hydrogen-bond acceptors (Lipinski definition) is 3. The molecule has 1 atom stereocenters. The highest BCUT2D eigenvalue weighted by atomic mass is 19.4. The van der Waals surface area contributed by atoms with Crippen LogP contribution in [0.5, 0.6) is 0 Å². The van der Waals surface area contributed by atoms with Crippen molar-refractivity contribution in [1.29, 1.82) is 0 Å². The van der Waals surface area contributed by atoms with E-state index >= 15 is 0 Å². The Morgan fingerprint density at radius 2 is 1.79 bits per heavy atom. The zero-order valence-corrected chi connectivity index (χ0v) is 17.3. The maximum absolute atomic E-state index is 12.5. The van der Waals surface area contributed by atoms with Gasteiger partial charge in [-0.05, 0) is 42.9 Å². The Kier molecular flexibility index (Phi) is 7.27. The number of guanidine groups is 1. The van der Waals surface area contributed by atoms with Crippen LogP contribution >= 0.6 is 0 Å². The lowest BCUT2D eigenvalue weighted by molar-refractivity contribution is -0.143. The lowest BCUT2D eigenvalue weighted by Gasteiger charge is -2.32. The molecule has 1 unspecified atom stereocenters. The summed E-state index contributed by atoms with van der Waals surface area (Å²) >= 11 is 0. The second kappa shape index (κ2) is 9.69. The largest absolute Gasteiger partial charge is 0.401 e. The Bertz CT molecular complexity index is 666. The SMILES string of the molecule is CN=C(NCc1ccc(N2CCC(C)CC2)cc1)NC1CCN(CC(F)(F)F)C1. The molecule has 2 aliphatic heterocycles. The quantitative estimate of drug-likeness (QED) is 0.577. The molecule has 29 heavy (non-hydrogen) atoms. The Labute approximate surface area is 171 Å². The minimum absolute atomic E-state index is 0.0209. The number of hydrogen-bond donors (Lipinski definition) is 2. The van der Waals surface area contributed by atoms with E-state index in [-0.39, 0.29) is 6.04 Å². The molecule has 0 bridgehead atoms. The number of nitrogens with zero attached hydrogens (tertiary/aromatic N) is 3. The van der Waals surface area contributed by atoms with Gasteiger partial charge in [0.15, 0.2) is 5.96 Å². The van der Waals surface area contributed by atoms with Gasteiger partial charge in [-0.3, -0.25) is 9.89 Å². The van der Waals surface area contributed by atoms with Gasteiger partial charge in [-0.25, -0.2) is 0 Å². The second-order valence-electron chi connectivity index (χ2n) is 8.24. The van der Waals surface area contributed by atoms with E-state index in [4.69, 9.17) is 0 Å². The van der Waals surface area contributed by atoms with Gasteiger partial charge >= 0.3 is 6.18 Å². The molecule has 2 fully saturated rings. The van der Waals surface area contributed by atoms with E-state index in [0.29, 0.717) is 32.0 Å². The van der Waals surface area contributed by atoms with Gasteiger partial charge in [0.05, 0.1) is 6.54 Å². The molecular weight excluding hydrogens is 379 g/mol. The van der Waals surface area contributed by atoms with Gasteiger partial charge in [0.25, 0.3) is 0 Å². The van der Waals surface area contributed by atoms with Gasteiger partial charge in [-0.2, -0.15) is 13.2 Å². The van der Waals surface area contributed by atoms with Crippen LogP contribution in [0.4, 0.5) is 18.9 Å². The van der Waals surface area contributed by atoms with Crippen LogP contribution in [0.25, 0.3) is 0 Å². The van der Waals surface area contributed by atoms with Crippen LogP contribution in [0, 0.1) is 5.92 Å². The van der Waals surface area contributed by atoms with E-state index in [0.717, 1.165) is 24.6 Å². The number of benzene rings is 1. The predicted molar refractivity (Wildman–Crippen MR) is 111 cm³/mol. The third-order valence-electron chi connectivity index (χ3n) is 5.78. The highest BCUT2D eigenvalue weighted by Crippen LogP contribution is 2.23. The van der Waals surface area contributed by atoms with Crippen molar-refractivity contribution < 1.29 is 13.2 Å². The molecule has 2 aliphatic rings. The highest BCUT2D eigenvalue weighted by molar-refractivity contribution is 5.80. The lowest BCUT2D eigenvalue weighted by Crippen LogP contribution is -2.44. The standard InChI is InChI=1S/C21H32F3N5/c1-16-7-11-29(12-8-16)19-5-3-17(4-6-19)13-26-20(25-2)27-18-9-10-28(14-18)15-21(22,23)24/h3-6,16,18H,7-15H2,1-2H3,(H2,25,26,27). The van der Waals surface area contributed by atoms with Crippen molar-refractivity contribution in [1.82, 2.24) is 15.5 Å². The first-order valence-electron chi connectivity index (χ1n) is 10.4. The van der Waals surface area contributed by atoms with E-state index in [1.807, 2.05) is 0 Å². The Balaban J connectivity index is 1.44. The minimum atomic E-state index is -4.15. The molecule has 0 aliphatic carbocycles. The van der Waals surface area contributed by atoms with Crippen molar-refractivity contribution >= 4 is 11.6 Å². The average Bonchev–Trinajstić information content (AvgIpc) is 3.11. The van der Waals surface area contributed by atoms with Crippen molar-refractivity contribution in [3.63, 3.8) is 0 Å². The number of likely N-dealkylation sites (tertiary alicyclic amines) is 1. The molecule has 1 aromatic rings. The number of rotatable bonds is 5. The van der Waals surface area contributed by atoms with Crippen molar-refractivity contribution in [2.45, 2.75) is 44.9 Å². The monoisotopic (exact) mass is 411 g/mol. The van der Waals surface area contributed by atoms with E-state index in [1.54, 1.807) is 7.05 Å². The number of alkyl halides is 3. The van der Waals surface area contributed by atoms with Crippen LogP contribution in [0.2, 0.25) is 0 Å². The van der Waals surface area contributed by atoms with Gasteiger partial charge in [0, 0.05) is 51.5 Å². The zero-order chi connectivity index (χ0) is 20.9. The number of nitrogens with one attached hydrogen (secondary N) is 2. The highest BCUT2D eigenvalue weighted by Gasteiger charge is 2.34. The van der Waals surface area contributed by atoms with Crippen molar-refractivity contribution in [3.05, 3.63) is 29.8 Å². The molecule has 8 heteroatoms. The van der Waals surface area contributed by atoms with Crippen molar-refractivity contribution in [2.75, 3.05) is 44.7 Å². The number of anilines is 1. The number of halogens is 3. The van der Waals surface area contributed by atoms with Crippen LogP contribution in [-0.4, -0.2) is 62.8 Å². The van der Waals surface area contributed by atoms with Crippen molar-refractivity contribution in [2.24, 2.45) is 10.9 Å². The summed E-state index contributed by atoms with van der Waals surface area (Å²) in [6, 6.07) is 8.54. The fourth-order valence-electron chi connectivity index (χ4n) is 4.01. The first kappa shape index (κ1) is 21.7. The molecule has 1 aromatic carbocycles. The van der Waals surface area contributed by atoms with Crippen LogP contribution in [0.1, 0.15) is 31.7 Å².